The Morgan fingerprint density at radius 2 is 2.12 bits per heavy atom. The molecule has 1 nitrogen and oxygen atoms in total. The van der Waals surface area contributed by atoms with Gasteiger partial charge in [-0.2, -0.15) is 0 Å². The Hall–Kier alpha value is -0.820. The molecule has 0 N–H and O–H groups in total. The van der Waals surface area contributed by atoms with Crippen molar-refractivity contribution in [3.8, 4) is 0 Å². The van der Waals surface area contributed by atoms with Crippen molar-refractivity contribution < 1.29 is 0 Å². The van der Waals surface area contributed by atoms with Crippen LogP contribution in [-0.4, -0.2) is 18.0 Å². The molecule has 0 bridgehead atoms. The molecule has 1 fully saturated rings. The second-order valence-electron chi connectivity index (χ2n) is 5.28. The fraction of sp³-hybridized carbons (Fsp3) is 0.600. The van der Waals surface area contributed by atoms with Gasteiger partial charge in [0.15, 0.2) is 0 Å². The zero-order chi connectivity index (χ0) is 11.0. The zero-order valence-electron chi connectivity index (χ0n) is 10.2. The molecule has 1 heteroatoms. The van der Waals surface area contributed by atoms with Gasteiger partial charge in [-0.25, -0.2) is 0 Å². The van der Waals surface area contributed by atoms with Crippen LogP contribution in [0.4, 0.5) is 0 Å². The van der Waals surface area contributed by atoms with Crippen molar-refractivity contribution in [1.82, 2.24) is 4.90 Å². The third-order valence-electron chi connectivity index (χ3n) is 4.46. The van der Waals surface area contributed by atoms with Gasteiger partial charge in [-0.15, -0.1) is 0 Å². The third-order valence-corrected chi connectivity index (χ3v) is 4.46. The molecule has 0 radical (unpaired) electrons. The van der Waals surface area contributed by atoms with Crippen LogP contribution >= 0.6 is 0 Å². The third kappa shape index (κ3) is 1.34. The maximum Gasteiger partial charge on any atom is 0.0463 e. The lowest BCUT2D eigenvalue weighted by atomic mass is 9.77. The van der Waals surface area contributed by atoms with E-state index in [9.17, 15) is 0 Å². The van der Waals surface area contributed by atoms with Crippen LogP contribution in [0, 0.1) is 0 Å². The summed E-state index contributed by atoms with van der Waals surface area (Å²) in [7, 11) is 0. The van der Waals surface area contributed by atoms with E-state index in [2.05, 4.69) is 36.1 Å². The fourth-order valence-electron chi connectivity index (χ4n) is 3.84. The van der Waals surface area contributed by atoms with Gasteiger partial charge in [0.1, 0.15) is 0 Å². The summed E-state index contributed by atoms with van der Waals surface area (Å²) in [6.07, 6.45) is 6.64. The smallest absolute Gasteiger partial charge is 0.0463 e. The molecule has 0 unspecified atom stereocenters. The molecule has 1 aromatic carbocycles. The molecule has 2 heterocycles. The highest BCUT2D eigenvalue weighted by Gasteiger charge is 2.44. The van der Waals surface area contributed by atoms with Crippen LogP contribution in [0.2, 0.25) is 0 Å². The van der Waals surface area contributed by atoms with Crippen LogP contribution in [0.3, 0.4) is 0 Å². The first-order valence-electron chi connectivity index (χ1n) is 6.70. The van der Waals surface area contributed by atoms with Crippen molar-refractivity contribution in [2.75, 3.05) is 13.1 Å². The molecule has 2 aliphatic rings. The second kappa shape index (κ2) is 3.89. The van der Waals surface area contributed by atoms with Crippen LogP contribution < -0.4 is 0 Å². The fourth-order valence-corrected chi connectivity index (χ4v) is 3.84. The van der Waals surface area contributed by atoms with Gasteiger partial charge in [0.05, 0.1) is 0 Å². The van der Waals surface area contributed by atoms with E-state index in [1.807, 2.05) is 0 Å². The minimum atomic E-state index is 0.406. The first kappa shape index (κ1) is 10.3. The van der Waals surface area contributed by atoms with Crippen LogP contribution in [0.1, 0.15) is 43.7 Å². The number of fused-ring (bicyclic) bond motifs is 3. The van der Waals surface area contributed by atoms with Gasteiger partial charge in [0, 0.05) is 12.1 Å². The predicted octanol–water partition coefficient (Wildman–Crippen LogP) is 3.33. The molecule has 1 atom stereocenters. The highest BCUT2D eigenvalue weighted by atomic mass is 15.2. The minimum absolute atomic E-state index is 0.406. The van der Waals surface area contributed by atoms with Crippen molar-refractivity contribution >= 4 is 0 Å². The van der Waals surface area contributed by atoms with E-state index in [4.69, 9.17) is 0 Å². The Balaban J connectivity index is 2.09. The first-order valence-corrected chi connectivity index (χ1v) is 6.70. The van der Waals surface area contributed by atoms with Crippen LogP contribution in [-0.2, 0) is 12.0 Å². The Morgan fingerprint density at radius 3 is 3.00 bits per heavy atom. The lowest BCUT2D eigenvalue weighted by Crippen LogP contribution is -2.46. The summed E-state index contributed by atoms with van der Waals surface area (Å²) >= 11 is 0. The molecular formula is C15H21N. The zero-order valence-corrected chi connectivity index (χ0v) is 10.2. The Morgan fingerprint density at radius 1 is 1.25 bits per heavy atom. The first-order chi connectivity index (χ1) is 7.87. The van der Waals surface area contributed by atoms with Gasteiger partial charge >= 0.3 is 0 Å². The summed E-state index contributed by atoms with van der Waals surface area (Å²) < 4.78 is 0. The molecule has 0 aliphatic carbocycles. The molecule has 86 valence electrons. The molecule has 1 saturated heterocycles. The number of benzene rings is 1. The van der Waals surface area contributed by atoms with Gasteiger partial charge in [-0.1, -0.05) is 37.6 Å². The molecule has 0 spiro atoms. The molecule has 0 aromatic heterocycles. The molecule has 2 aliphatic heterocycles. The molecule has 3 rings (SSSR count). The van der Waals surface area contributed by atoms with E-state index in [1.165, 1.54) is 45.2 Å². The summed E-state index contributed by atoms with van der Waals surface area (Å²) in [6, 6.07) is 9.13. The second-order valence-corrected chi connectivity index (χ2v) is 5.28. The van der Waals surface area contributed by atoms with Crippen molar-refractivity contribution in [3.05, 3.63) is 35.4 Å². The van der Waals surface area contributed by atoms with E-state index >= 15 is 0 Å². The SMILES string of the molecule is CCC[C@]12CCCN1CCc1ccccc12. The summed E-state index contributed by atoms with van der Waals surface area (Å²) in [5, 5.41) is 0. The normalized spacial score (nSPS) is 28.8. The van der Waals surface area contributed by atoms with Gasteiger partial charge in [-0.3, -0.25) is 4.90 Å². The highest BCUT2D eigenvalue weighted by molar-refractivity contribution is 5.37. The van der Waals surface area contributed by atoms with E-state index in [-0.39, 0.29) is 0 Å². The lowest BCUT2D eigenvalue weighted by molar-refractivity contribution is 0.112. The lowest BCUT2D eigenvalue weighted by Gasteiger charge is -2.44. The summed E-state index contributed by atoms with van der Waals surface area (Å²) in [4.78, 5) is 2.75. The number of hydrogen-bond donors (Lipinski definition) is 0. The summed E-state index contributed by atoms with van der Waals surface area (Å²) in [5.41, 5.74) is 3.65. The van der Waals surface area contributed by atoms with Gasteiger partial charge in [0.25, 0.3) is 0 Å². The average Bonchev–Trinajstić information content (AvgIpc) is 2.73. The van der Waals surface area contributed by atoms with Crippen molar-refractivity contribution in [2.24, 2.45) is 0 Å². The van der Waals surface area contributed by atoms with Crippen LogP contribution in [0.25, 0.3) is 0 Å². The number of nitrogens with zero attached hydrogens (tertiary/aromatic N) is 1. The molecule has 0 amide bonds. The topological polar surface area (TPSA) is 3.24 Å². The minimum Gasteiger partial charge on any atom is -0.293 e. The molecule has 0 saturated carbocycles. The maximum absolute atomic E-state index is 2.75. The van der Waals surface area contributed by atoms with Crippen molar-refractivity contribution in [3.63, 3.8) is 0 Å². The number of hydrogen-bond acceptors (Lipinski definition) is 1. The van der Waals surface area contributed by atoms with Crippen LogP contribution in [0.5, 0.6) is 0 Å². The standard InChI is InChI=1S/C15H21N/c1-2-9-15-10-5-11-16(15)12-8-13-6-3-4-7-14(13)15/h3-4,6-7H,2,5,8-12H2,1H3/t15-/m1/s1. The predicted molar refractivity (Wildman–Crippen MR) is 67.5 cm³/mol. The average molecular weight is 215 g/mol. The van der Waals surface area contributed by atoms with Crippen molar-refractivity contribution in [1.29, 1.82) is 0 Å². The molecular weight excluding hydrogens is 194 g/mol. The Kier molecular flexibility index (Phi) is 2.51. The Bertz CT molecular complexity index is 385. The van der Waals surface area contributed by atoms with E-state index in [0.29, 0.717) is 5.54 Å². The summed E-state index contributed by atoms with van der Waals surface area (Å²) in [5.74, 6) is 0. The van der Waals surface area contributed by atoms with Gasteiger partial charge in [-0.05, 0) is 43.4 Å². The largest absolute Gasteiger partial charge is 0.293 e. The molecule has 1 aromatic rings. The Labute approximate surface area is 98.5 Å². The van der Waals surface area contributed by atoms with Crippen LogP contribution in [0.15, 0.2) is 24.3 Å². The monoisotopic (exact) mass is 215 g/mol. The van der Waals surface area contributed by atoms with Gasteiger partial charge < -0.3 is 0 Å². The summed E-state index contributed by atoms with van der Waals surface area (Å²) in [6.45, 7) is 4.91. The maximum atomic E-state index is 2.75. The number of rotatable bonds is 2. The highest BCUT2D eigenvalue weighted by Crippen LogP contribution is 2.46. The van der Waals surface area contributed by atoms with Crippen molar-refractivity contribution in [2.45, 2.75) is 44.6 Å². The van der Waals surface area contributed by atoms with E-state index in [1.54, 1.807) is 11.1 Å². The van der Waals surface area contributed by atoms with E-state index in [0.717, 1.165) is 0 Å². The molecule has 16 heavy (non-hydrogen) atoms. The quantitative estimate of drug-likeness (QED) is 0.731. The van der Waals surface area contributed by atoms with E-state index < -0.39 is 0 Å². The van der Waals surface area contributed by atoms with Gasteiger partial charge in [0.2, 0.25) is 0 Å².